The average molecular weight is 1190 g/mol. The summed E-state index contributed by atoms with van der Waals surface area (Å²) >= 11 is 0. The number of rotatable bonds is 37. The van der Waals surface area contributed by atoms with Crippen LogP contribution in [-0.4, -0.2) is 190 Å². The lowest BCUT2D eigenvalue weighted by molar-refractivity contribution is -0.143. The van der Waals surface area contributed by atoms with Crippen LogP contribution < -0.4 is 76.1 Å². The molecule has 0 bridgehead atoms. The van der Waals surface area contributed by atoms with Crippen molar-refractivity contribution in [1.29, 1.82) is 0 Å². The molecule has 472 valence electrons. The molecule has 0 aliphatic carbocycles. The number of aliphatic hydroxyl groups excluding tert-OH is 2. The molecular weight excluding hydrogens is 1090 g/mol. The number of likely N-dealkylation sites (tertiary alicyclic amines) is 1. The smallest absolute Gasteiger partial charge is 0.326 e. The first-order valence-corrected chi connectivity index (χ1v) is 29.0. The zero-order valence-electron chi connectivity index (χ0n) is 49.2. The van der Waals surface area contributed by atoms with E-state index in [0.29, 0.717) is 44.3 Å². The molecule has 0 saturated carbocycles. The fourth-order valence-electron chi connectivity index (χ4n) is 9.80. The molecule has 2 saturated heterocycles. The highest BCUT2D eigenvalue weighted by molar-refractivity contribution is 5.99. The van der Waals surface area contributed by atoms with Crippen molar-refractivity contribution in [2.45, 2.75) is 204 Å². The molecule has 84 heavy (non-hydrogen) atoms. The van der Waals surface area contributed by atoms with E-state index in [2.05, 4.69) is 53.2 Å². The van der Waals surface area contributed by atoms with E-state index in [-0.39, 0.29) is 75.8 Å². The maximum atomic E-state index is 14.5. The van der Waals surface area contributed by atoms with Gasteiger partial charge in [-0.2, -0.15) is 0 Å². The van der Waals surface area contributed by atoms with Gasteiger partial charge in [0.1, 0.15) is 60.7 Å². The number of aliphatic hydroxyl groups is 2. The molecule has 2 aliphatic heterocycles. The molecule has 29 heteroatoms. The molecular formula is C55H93N15O14. The third-order valence-corrected chi connectivity index (χ3v) is 14.2. The van der Waals surface area contributed by atoms with Gasteiger partial charge in [0.05, 0.1) is 24.7 Å². The Balaban J connectivity index is 1.80. The van der Waals surface area contributed by atoms with E-state index in [0.717, 1.165) is 13.3 Å². The summed E-state index contributed by atoms with van der Waals surface area (Å²) in [5.41, 5.74) is 23.1. The fourth-order valence-corrected chi connectivity index (χ4v) is 9.80. The topological polar surface area (TPSA) is 476 Å². The first kappa shape index (κ1) is 71.4. The van der Waals surface area contributed by atoms with E-state index >= 15 is 0 Å². The van der Waals surface area contributed by atoms with Gasteiger partial charge in [-0.1, -0.05) is 58.0 Å². The summed E-state index contributed by atoms with van der Waals surface area (Å²) in [6, 6.07) is -4.99. The lowest BCUT2D eigenvalue weighted by Crippen LogP contribution is -2.63. The number of benzene rings is 1. The van der Waals surface area contributed by atoms with Gasteiger partial charge in [-0.05, 0) is 122 Å². The van der Waals surface area contributed by atoms with Crippen LogP contribution in [0.15, 0.2) is 30.3 Å². The molecule has 2 fully saturated rings. The van der Waals surface area contributed by atoms with E-state index in [1.54, 1.807) is 58.0 Å². The van der Waals surface area contributed by atoms with Gasteiger partial charge < -0.3 is 91.0 Å². The second-order valence-corrected chi connectivity index (χ2v) is 22.5. The highest BCUT2D eigenvalue weighted by Gasteiger charge is 2.42. The molecule has 12 atom stereocenters. The van der Waals surface area contributed by atoms with Gasteiger partial charge in [-0.25, -0.2) is 4.79 Å². The summed E-state index contributed by atoms with van der Waals surface area (Å²) in [5.74, 6) is -10.6. The lowest BCUT2D eigenvalue weighted by Gasteiger charge is -2.32. The van der Waals surface area contributed by atoms with Crippen molar-refractivity contribution in [3.8, 4) is 0 Å². The highest BCUT2D eigenvalue weighted by atomic mass is 16.4. The summed E-state index contributed by atoms with van der Waals surface area (Å²) in [4.78, 5) is 151. The first-order valence-electron chi connectivity index (χ1n) is 29.0. The molecule has 2 aliphatic rings. The number of nitrogens with zero attached hydrogens (tertiary/aromatic N) is 1. The van der Waals surface area contributed by atoms with Crippen LogP contribution in [-0.2, 0) is 59.2 Å². The summed E-state index contributed by atoms with van der Waals surface area (Å²) < 4.78 is 0. The van der Waals surface area contributed by atoms with Crippen molar-refractivity contribution in [1.82, 2.24) is 58.1 Å². The van der Waals surface area contributed by atoms with Gasteiger partial charge >= 0.3 is 5.97 Å². The van der Waals surface area contributed by atoms with Crippen LogP contribution in [0.5, 0.6) is 0 Å². The minimum atomic E-state index is -1.84. The van der Waals surface area contributed by atoms with E-state index < -0.39 is 144 Å². The Morgan fingerprint density at radius 3 is 1.67 bits per heavy atom. The fraction of sp³-hybridized carbons (Fsp3) is 0.691. The molecule has 2 heterocycles. The number of carboxylic acids is 1. The Morgan fingerprint density at radius 2 is 1.13 bits per heavy atom. The zero-order chi connectivity index (χ0) is 62.8. The second-order valence-electron chi connectivity index (χ2n) is 22.5. The Bertz CT molecular complexity index is 2360. The van der Waals surface area contributed by atoms with Crippen LogP contribution in [0.25, 0.3) is 0 Å². The molecule has 3 rings (SSSR count). The Labute approximate surface area is 490 Å². The number of primary amides is 1. The number of carboxylic acid groups (broad SMARTS) is 1. The van der Waals surface area contributed by atoms with Gasteiger partial charge in [0.25, 0.3) is 0 Å². The summed E-state index contributed by atoms with van der Waals surface area (Å²) in [5, 5.41) is 57.9. The van der Waals surface area contributed by atoms with Crippen LogP contribution in [0, 0.1) is 11.8 Å². The predicted molar refractivity (Wildman–Crippen MR) is 307 cm³/mol. The molecule has 1 aromatic rings. The molecule has 0 spiro atoms. The van der Waals surface area contributed by atoms with Crippen LogP contribution in [0.2, 0.25) is 0 Å². The number of hydrogen-bond donors (Lipinski definition) is 17. The Hall–Kier alpha value is -6.89. The number of aliphatic carboxylic acids is 1. The summed E-state index contributed by atoms with van der Waals surface area (Å²) in [6.45, 7) is 10.5. The molecule has 29 nitrogen and oxygen atoms in total. The average Bonchev–Trinajstić information content (AvgIpc) is 3.64. The maximum absolute atomic E-state index is 14.5. The third kappa shape index (κ3) is 24.4. The van der Waals surface area contributed by atoms with Gasteiger partial charge in [0.2, 0.25) is 59.1 Å². The number of nitrogens with one attached hydrogen (secondary N) is 10. The SMILES string of the molecule is CC(C)C[C@H](NC(=O)[C@H](CC(N)=O)NC(=O)[C@H](CC(C)C)NC(=O)[C@@H](NC(=O)[C@@H](NC(=O)[C@@H]1CCCN1C(=O)[C@H](CCCNC(N)N)NC(=O)[C@H](CCCCN)NC(=O)[C@@H]1CCCN1)[C@@H](C)O)[C@@H](C)O)C(=O)N[C@@H](Cc1ccccc1)C(=O)O. The van der Waals surface area contributed by atoms with Crippen molar-refractivity contribution < 1.29 is 68.1 Å². The van der Waals surface area contributed by atoms with Gasteiger partial charge in [0.15, 0.2) is 0 Å². The minimum Gasteiger partial charge on any atom is -0.480 e. The van der Waals surface area contributed by atoms with Gasteiger partial charge in [0, 0.05) is 13.0 Å². The molecule has 21 N–H and O–H groups in total. The maximum Gasteiger partial charge on any atom is 0.326 e. The van der Waals surface area contributed by atoms with Crippen molar-refractivity contribution in [2.24, 2.45) is 34.8 Å². The van der Waals surface area contributed by atoms with Gasteiger partial charge in [-0.15, -0.1) is 0 Å². The molecule has 1 aromatic carbocycles. The number of carbonyl (C=O) groups excluding carboxylic acids is 10. The number of unbranched alkanes of at least 4 members (excludes halogenated alkanes) is 1. The monoisotopic (exact) mass is 1190 g/mol. The van der Waals surface area contributed by atoms with E-state index in [9.17, 15) is 68.1 Å². The number of hydrogen-bond acceptors (Lipinski definition) is 18. The quantitative estimate of drug-likeness (QED) is 0.0220. The number of nitrogens with two attached hydrogens (primary N) is 4. The number of carbonyl (C=O) groups is 11. The largest absolute Gasteiger partial charge is 0.480 e. The zero-order valence-corrected chi connectivity index (χ0v) is 49.2. The Kier molecular flexibility index (Phi) is 30.6. The normalized spacial score (nSPS) is 18.6. The van der Waals surface area contributed by atoms with Crippen LogP contribution in [0.4, 0.5) is 0 Å². The summed E-state index contributed by atoms with van der Waals surface area (Å²) in [6.07, 6.45) is -1.67. The van der Waals surface area contributed by atoms with E-state index in [1.807, 2.05) is 0 Å². The molecule has 0 radical (unpaired) electrons. The van der Waals surface area contributed by atoms with Crippen molar-refractivity contribution >= 4 is 65.0 Å². The van der Waals surface area contributed by atoms with Crippen LogP contribution in [0.1, 0.15) is 124 Å². The van der Waals surface area contributed by atoms with Crippen molar-refractivity contribution in [3.05, 3.63) is 35.9 Å². The number of amides is 10. The highest BCUT2D eigenvalue weighted by Crippen LogP contribution is 2.21. The third-order valence-electron chi connectivity index (χ3n) is 14.2. The Morgan fingerprint density at radius 1 is 0.607 bits per heavy atom. The van der Waals surface area contributed by atoms with Crippen molar-refractivity contribution in [2.75, 3.05) is 26.2 Å². The minimum absolute atomic E-state index is 0.00931. The van der Waals surface area contributed by atoms with Gasteiger partial charge in [-0.3, -0.25) is 53.3 Å². The first-order chi connectivity index (χ1) is 39.6. The molecule has 0 unspecified atom stereocenters. The second kappa shape index (κ2) is 36.1. The molecule has 0 aromatic heterocycles. The predicted octanol–water partition coefficient (Wildman–Crippen LogP) is -4.64. The lowest BCUT2D eigenvalue weighted by atomic mass is 10.00. The molecule has 10 amide bonds. The summed E-state index contributed by atoms with van der Waals surface area (Å²) in [7, 11) is 0. The standard InChI is InChI=1S/C55H93N15O14/c1-29(2)25-37(48(77)67-40(54(83)84)27-33-15-8-7-9-16-33)64-49(78)39(28-42(57)73)65-47(76)38(26-30(3)4)66-51(80)43(31(5)71)69-52(81)44(32(6)72)68-50(79)41-20-14-24-70(41)53(82)36(19-13-23-61-55(58)59)63-46(75)35(17-10-11-21-56)62-45(74)34-18-12-22-60-34/h7-9,15-16,29-32,34-41,43-44,55,60-61,71-72H,10-14,17-28,56,58-59H2,1-6H3,(H2,57,73)(H,62,74)(H,63,75)(H,64,78)(H,65,76)(H,66,80)(H,67,77)(H,68,79)(H,69,81)(H,83,84)/t31-,32-,34+,35+,36+,37+,38+,39+,40+,41+,43+,44+/m1/s1. The van der Waals surface area contributed by atoms with Crippen LogP contribution in [0.3, 0.4) is 0 Å². The van der Waals surface area contributed by atoms with Crippen LogP contribution >= 0.6 is 0 Å². The van der Waals surface area contributed by atoms with Crippen molar-refractivity contribution in [3.63, 3.8) is 0 Å². The van der Waals surface area contributed by atoms with E-state index in [1.165, 1.54) is 11.8 Å². The van der Waals surface area contributed by atoms with E-state index in [4.69, 9.17) is 22.9 Å².